The van der Waals surface area contributed by atoms with Crippen LogP contribution in [0.25, 0.3) is 0 Å². The van der Waals surface area contributed by atoms with Gasteiger partial charge in [0.15, 0.2) is 12.3 Å². The van der Waals surface area contributed by atoms with Crippen LogP contribution in [0.3, 0.4) is 0 Å². The maximum absolute atomic E-state index is 13.7. The standard InChI is InChI=1S/C40H68N10O11/c1-40(2,3)61-39(56)45-32(36(54)42-15-18-57-20-21-58-19-16-44-47-41)22-30-25-49(48-46-30)17-11-10-14-33(50(4,5)6)37(55)43-24-29(28-12-8-7-9-13-28)27-59-38-35(53)34(52)23-31(26-51)60-38/h7-9,12-13,25,29,31-35,38,51-53H,10-11,14-24,26-27H2,1-6H3,(H4-,41,42,43,44,45,54,55,56)/p+1/t29?,31-,32-,33-,34-,35+,38+/m0/s1. The second-order valence-electron chi connectivity index (χ2n) is 16.8. The van der Waals surface area contributed by atoms with E-state index < -0.39 is 48.2 Å². The number of nitrogens with two attached hydrogens (primary N) is 1. The molecule has 1 unspecified atom stereocenters. The first kappa shape index (κ1) is 51.0. The molecule has 2 aromatic rings. The van der Waals surface area contributed by atoms with Crippen molar-refractivity contribution in [2.45, 2.75) is 108 Å². The minimum Gasteiger partial charge on any atom is -0.444 e. The van der Waals surface area contributed by atoms with Crippen LogP contribution >= 0.6 is 0 Å². The van der Waals surface area contributed by atoms with E-state index in [1.807, 2.05) is 51.5 Å². The van der Waals surface area contributed by atoms with Crippen LogP contribution in [-0.2, 0) is 46.2 Å². The molecule has 2 heterocycles. The van der Waals surface area contributed by atoms with E-state index in [9.17, 15) is 29.7 Å². The first-order valence-corrected chi connectivity index (χ1v) is 20.8. The van der Waals surface area contributed by atoms with Gasteiger partial charge in [0.25, 0.3) is 5.91 Å². The van der Waals surface area contributed by atoms with E-state index >= 15 is 0 Å². The number of alkyl carbamates (subject to hydrolysis) is 1. The van der Waals surface area contributed by atoms with E-state index in [0.717, 1.165) is 5.56 Å². The smallest absolute Gasteiger partial charge is 0.408 e. The van der Waals surface area contributed by atoms with Crippen molar-refractivity contribution in [1.29, 1.82) is 0 Å². The lowest BCUT2D eigenvalue weighted by molar-refractivity contribution is -0.886. The predicted octanol–water partition coefficient (Wildman–Crippen LogP) is 0.180. The second kappa shape index (κ2) is 26.2. The molecule has 0 radical (unpaired) electrons. The number of hydrogen-bond donors (Lipinski definition) is 7. The van der Waals surface area contributed by atoms with Gasteiger partial charge in [-0.15, -0.1) is 5.10 Å². The molecule has 0 aliphatic carbocycles. The van der Waals surface area contributed by atoms with Gasteiger partial charge in [-0.25, -0.2) is 4.79 Å². The van der Waals surface area contributed by atoms with Crippen molar-refractivity contribution < 1.29 is 57.9 Å². The summed E-state index contributed by atoms with van der Waals surface area (Å²) in [6.45, 7) is 7.55. The average Bonchev–Trinajstić information content (AvgIpc) is 3.65. The quantitative estimate of drug-likeness (QED) is 0.0208. The molecule has 3 amide bonds. The van der Waals surface area contributed by atoms with Crippen molar-refractivity contribution >= 4 is 17.9 Å². The van der Waals surface area contributed by atoms with Crippen LogP contribution in [0.15, 0.2) is 46.9 Å². The molecule has 1 saturated heterocycles. The lowest BCUT2D eigenvalue weighted by Gasteiger charge is -2.37. The van der Waals surface area contributed by atoms with Crippen LogP contribution in [0.2, 0.25) is 0 Å². The minimum atomic E-state index is -1.27. The summed E-state index contributed by atoms with van der Waals surface area (Å²) in [5.74, 6) is 4.10. The molecule has 0 bridgehead atoms. The van der Waals surface area contributed by atoms with Crippen molar-refractivity contribution in [1.82, 2.24) is 30.9 Å². The van der Waals surface area contributed by atoms with Gasteiger partial charge >= 0.3 is 6.09 Å². The molecule has 3 rings (SSSR count). The van der Waals surface area contributed by atoms with E-state index in [1.54, 1.807) is 31.6 Å². The number of amides is 3. The fraction of sp³-hybridized carbons (Fsp3) is 0.725. The highest BCUT2D eigenvalue weighted by molar-refractivity contribution is 5.86. The molecule has 1 fully saturated rings. The lowest BCUT2D eigenvalue weighted by atomic mass is 9.99. The van der Waals surface area contributed by atoms with Crippen LogP contribution in [0.5, 0.6) is 0 Å². The van der Waals surface area contributed by atoms with Gasteiger partial charge < -0.3 is 65.3 Å². The van der Waals surface area contributed by atoms with E-state index in [0.29, 0.717) is 62.3 Å². The van der Waals surface area contributed by atoms with E-state index in [1.165, 1.54) is 0 Å². The van der Waals surface area contributed by atoms with Crippen molar-refractivity contribution in [3.63, 3.8) is 0 Å². The molecule has 1 aromatic carbocycles. The highest BCUT2D eigenvalue weighted by Gasteiger charge is 2.38. The largest absolute Gasteiger partial charge is 0.444 e. The molecule has 1 aliphatic heterocycles. The summed E-state index contributed by atoms with van der Waals surface area (Å²) in [5, 5.41) is 54.1. The van der Waals surface area contributed by atoms with Gasteiger partial charge in [0.05, 0.1) is 85.2 Å². The van der Waals surface area contributed by atoms with Crippen molar-refractivity contribution in [3.05, 3.63) is 47.8 Å². The Morgan fingerprint density at radius 2 is 1.75 bits per heavy atom. The fourth-order valence-electron chi connectivity index (χ4n) is 6.47. The van der Waals surface area contributed by atoms with Crippen LogP contribution in [0.1, 0.15) is 63.6 Å². The predicted molar refractivity (Wildman–Crippen MR) is 222 cm³/mol. The Balaban J connectivity index is 1.52. The molecule has 344 valence electrons. The third kappa shape index (κ3) is 19.5. The van der Waals surface area contributed by atoms with E-state index in [4.69, 9.17) is 29.5 Å². The summed E-state index contributed by atoms with van der Waals surface area (Å²) < 4.78 is 29.9. The summed E-state index contributed by atoms with van der Waals surface area (Å²) in [5.41, 5.74) is 0.644. The number of hydrogen-bond acceptors (Lipinski definition) is 15. The number of aryl methyl sites for hydroxylation is 1. The topological polar surface area (TPSA) is 276 Å². The fourth-order valence-corrected chi connectivity index (χ4v) is 6.47. The number of unbranched alkanes of at least 4 members (excludes halogenated alkanes) is 1. The molecule has 21 heteroatoms. The minimum absolute atomic E-state index is 0.0675. The zero-order valence-corrected chi connectivity index (χ0v) is 36.5. The normalized spacial score (nSPS) is 19.9. The van der Waals surface area contributed by atoms with Gasteiger partial charge in [-0.2, -0.15) is 5.11 Å². The SMILES string of the molecule is CC(C)(C)OC(=O)N[C@@H](Cc1cn(CCCC[C@@H](C(=O)NCC(CO[C@@H]2O[C@H](CO)C[C@H](O)[C@H]2O)c2ccccc2)[N+](C)(C)C)nn1)C(=O)NCCOCCOCCN=NN. The average molecular weight is 866 g/mol. The number of aliphatic hydroxyl groups excluding tert-OH is 3. The highest BCUT2D eigenvalue weighted by atomic mass is 16.7. The second-order valence-corrected chi connectivity index (χ2v) is 16.8. The molecule has 0 saturated carbocycles. The van der Waals surface area contributed by atoms with Crippen molar-refractivity contribution in [2.24, 2.45) is 16.2 Å². The molecular weight excluding hydrogens is 796 g/mol. The van der Waals surface area contributed by atoms with E-state index in [2.05, 4.69) is 36.6 Å². The van der Waals surface area contributed by atoms with Crippen molar-refractivity contribution in [3.8, 4) is 0 Å². The number of ether oxygens (including phenoxy) is 5. The Hall–Kier alpha value is -4.35. The van der Waals surface area contributed by atoms with Crippen LogP contribution < -0.4 is 21.8 Å². The van der Waals surface area contributed by atoms with Gasteiger partial charge in [0.2, 0.25) is 5.91 Å². The number of aromatic nitrogens is 3. The summed E-state index contributed by atoms with van der Waals surface area (Å²) >= 11 is 0. The zero-order valence-electron chi connectivity index (χ0n) is 36.5. The Morgan fingerprint density at radius 1 is 1.03 bits per heavy atom. The third-order valence-electron chi connectivity index (χ3n) is 9.66. The number of carbonyl (C=O) groups excluding carboxylic acids is 3. The number of likely N-dealkylation sites (N-methyl/N-ethyl adjacent to an activating group) is 1. The number of nitrogens with zero attached hydrogens (tertiary/aromatic N) is 6. The number of nitrogens with one attached hydrogen (secondary N) is 3. The lowest BCUT2D eigenvalue weighted by Crippen LogP contribution is -2.54. The first-order chi connectivity index (χ1) is 29.0. The Morgan fingerprint density at radius 3 is 2.43 bits per heavy atom. The van der Waals surface area contributed by atoms with Gasteiger partial charge in [-0.3, -0.25) is 14.3 Å². The van der Waals surface area contributed by atoms with Crippen LogP contribution in [-0.4, -0.2) is 175 Å². The van der Waals surface area contributed by atoms with Crippen LogP contribution in [0, 0.1) is 0 Å². The number of benzene rings is 1. The third-order valence-corrected chi connectivity index (χ3v) is 9.66. The molecule has 8 N–H and O–H groups in total. The van der Waals surface area contributed by atoms with Gasteiger partial charge in [-0.1, -0.05) is 40.8 Å². The molecular formula is C40H69N10O11+. The maximum atomic E-state index is 13.7. The van der Waals surface area contributed by atoms with Crippen molar-refractivity contribution in [2.75, 3.05) is 80.4 Å². The highest BCUT2D eigenvalue weighted by Crippen LogP contribution is 2.24. The van der Waals surface area contributed by atoms with Crippen LogP contribution in [0.4, 0.5) is 4.79 Å². The summed E-state index contributed by atoms with van der Waals surface area (Å²) in [6, 6.07) is 8.19. The summed E-state index contributed by atoms with van der Waals surface area (Å²) in [7, 11) is 5.91. The zero-order chi connectivity index (χ0) is 44.8. The Labute approximate surface area is 358 Å². The summed E-state index contributed by atoms with van der Waals surface area (Å²) in [6.07, 6.45) is -1.01. The molecule has 0 spiro atoms. The number of rotatable bonds is 27. The maximum Gasteiger partial charge on any atom is 0.408 e. The Kier molecular flexibility index (Phi) is 21.9. The first-order valence-electron chi connectivity index (χ1n) is 20.8. The molecule has 1 aromatic heterocycles. The Bertz CT molecular complexity index is 1610. The molecule has 21 nitrogen and oxygen atoms in total. The molecule has 7 atom stereocenters. The van der Waals surface area contributed by atoms with Gasteiger partial charge in [0.1, 0.15) is 17.7 Å². The summed E-state index contributed by atoms with van der Waals surface area (Å²) in [4.78, 5) is 39.6. The van der Waals surface area contributed by atoms with E-state index in [-0.39, 0.29) is 63.6 Å². The number of carbonyl (C=O) groups is 3. The monoisotopic (exact) mass is 866 g/mol. The molecule has 61 heavy (non-hydrogen) atoms. The van der Waals surface area contributed by atoms with Gasteiger partial charge in [-0.05, 0) is 39.2 Å². The number of aliphatic hydroxyl groups is 3. The molecule has 1 aliphatic rings. The number of quaternary nitrogens is 1. The van der Waals surface area contributed by atoms with Gasteiger partial charge in [0, 0.05) is 51.0 Å².